The highest BCUT2D eigenvalue weighted by Gasteiger charge is 2.07. The van der Waals surface area contributed by atoms with Crippen molar-refractivity contribution in [2.24, 2.45) is 0 Å². The van der Waals surface area contributed by atoms with Gasteiger partial charge in [0.1, 0.15) is 0 Å². The average molecular weight is 226 g/mol. The molecule has 0 spiro atoms. The van der Waals surface area contributed by atoms with E-state index in [0.717, 1.165) is 0 Å². The van der Waals surface area contributed by atoms with Crippen LogP contribution in [0.3, 0.4) is 0 Å². The molecule has 88 valence electrons. The molecule has 0 heterocycles. The molecule has 0 atom stereocenters. The lowest BCUT2D eigenvalue weighted by Gasteiger charge is -2.07. The summed E-state index contributed by atoms with van der Waals surface area (Å²) >= 11 is 0. The lowest BCUT2D eigenvalue weighted by Crippen LogP contribution is -2.35. The minimum atomic E-state index is -0.448. The van der Waals surface area contributed by atoms with E-state index >= 15 is 0 Å². The zero-order valence-electron chi connectivity index (χ0n) is 9.34. The Kier molecular flexibility index (Phi) is 4.72. The van der Waals surface area contributed by atoms with Crippen molar-refractivity contribution in [1.82, 2.24) is 10.9 Å². The Labute approximate surface area is 93.8 Å². The molecule has 0 fully saturated rings. The van der Waals surface area contributed by atoms with E-state index in [1.807, 2.05) is 0 Å². The van der Waals surface area contributed by atoms with Gasteiger partial charge < -0.3 is 4.74 Å². The molecule has 0 aliphatic carbocycles. The number of hydrogen-bond acceptors (Lipinski definition) is 3. The van der Waals surface area contributed by atoms with Gasteiger partial charge in [0.25, 0.3) is 0 Å². The van der Waals surface area contributed by atoms with Crippen LogP contribution in [0.1, 0.15) is 12.5 Å². The van der Waals surface area contributed by atoms with Gasteiger partial charge in [-0.25, -0.2) is 9.82 Å². The van der Waals surface area contributed by atoms with Crippen molar-refractivity contribution in [3.8, 4) is 5.75 Å². The second kappa shape index (κ2) is 6.07. The molecular formula is C11H15FN2O2. The Morgan fingerprint density at radius 2 is 2.25 bits per heavy atom. The highest BCUT2D eigenvalue weighted by molar-refractivity contribution is 5.78. The van der Waals surface area contributed by atoms with E-state index < -0.39 is 5.82 Å². The Bertz CT molecular complexity index is 369. The Balaban J connectivity index is 2.69. The molecule has 0 radical (unpaired) electrons. The highest BCUT2D eigenvalue weighted by atomic mass is 19.1. The molecule has 0 aromatic heterocycles. The van der Waals surface area contributed by atoms with Crippen LogP contribution in [0.25, 0.3) is 0 Å². The van der Waals surface area contributed by atoms with Gasteiger partial charge in [0.15, 0.2) is 11.6 Å². The summed E-state index contributed by atoms with van der Waals surface area (Å²) in [4.78, 5) is 11.2. The second-order valence-electron chi connectivity index (χ2n) is 3.17. The van der Waals surface area contributed by atoms with E-state index in [4.69, 9.17) is 4.74 Å². The van der Waals surface area contributed by atoms with Crippen LogP contribution >= 0.6 is 0 Å². The smallest absolute Gasteiger partial charge is 0.238 e. The number of halogens is 1. The quantitative estimate of drug-likeness (QED) is 0.737. The number of rotatable bonds is 5. The molecule has 5 heteroatoms. The van der Waals surface area contributed by atoms with Crippen molar-refractivity contribution in [3.63, 3.8) is 0 Å². The lowest BCUT2D eigenvalue weighted by atomic mass is 10.1. The third-order valence-electron chi connectivity index (χ3n) is 1.93. The Morgan fingerprint density at radius 3 is 2.81 bits per heavy atom. The van der Waals surface area contributed by atoms with E-state index in [2.05, 4.69) is 10.9 Å². The SMILES string of the molecule is CCOc1ccc(CC(=O)NNC)cc1F. The summed E-state index contributed by atoms with van der Waals surface area (Å²) in [5, 5.41) is 0. The number of nitrogens with one attached hydrogen (secondary N) is 2. The summed E-state index contributed by atoms with van der Waals surface area (Å²) in [6.07, 6.45) is 0.129. The molecule has 0 aliphatic rings. The second-order valence-corrected chi connectivity index (χ2v) is 3.17. The number of benzene rings is 1. The van der Waals surface area contributed by atoms with Crippen LogP contribution < -0.4 is 15.6 Å². The van der Waals surface area contributed by atoms with Crippen LogP contribution in [0.5, 0.6) is 5.75 Å². The van der Waals surface area contributed by atoms with Crippen molar-refractivity contribution in [3.05, 3.63) is 29.6 Å². The molecule has 1 amide bonds. The van der Waals surface area contributed by atoms with Gasteiger partial charge in [0.2, 0.25) is 5.91 Å². The first kappa shape index (κ1) is 12.4. The molecule has 1 aromatic rings. The summed E-state index contributed by atoms with van der Waals surface area (Å²) in [6, 6.07) is 4.50. The van der Waals surface area contributed by atoms with E-state index in [1.54, 1.807) is 20.0 Å². The normalized spacial score (nSPS) is 9.94. The largest absolute Gasteiger partial charge is 0.491 e. The fraction of sp³-hybridized carbons (Fsp3) is 0.364. The molecule has 2 N–H and O–H groups in total. The number of hydrogen-bond donors (Lipinski definition) is 2. The number of carbonyl (C=O) groups excluding carboxylic acids is 1. The summed E-state index contributed by atoms with van der Waals surface area (Å²) in [6.45, 7) is 2.20. The van der Waals surface area contributed by atoms with Gasteiger partial charge in [-0.1, -0.05) is 6.07 Å². The summed E-state index contributed by atoms with van der Waals surface area (Å²) in [5.74, 6) is -0.456. The van der Waals surface area contributed by atoms with Gasteiger partial charge in [-0.3, -0.25) is 10.2 Å². The molecule has 0 unspecified atom stereocenters. The molecule has 4 nitrogen and oxygen atoms in total. The molecule has 0 bridgehead atoms. The maximum Gasteiger partial charge on any atom is 0.238 e. The maximum atomic E-state index is 13.4. The van der Waals surface area contributed by atoms with E-state index in [0.29, 0.717) is 12.2 Å². The van der Waals surface area contributed by atoms with Crippen LogP contribution in [-0.2, 0) is 11.2 Å². The van der Waals surface area contributed by atoms with Crippen molar-refractivity contribution in [2.75, 3.05) is 13.7 Å². The third-order valence-corrected chi connectivity index (χ3v) is 1.93. The monoisotopic (exact) mass is 226 g/mol. The molecule has 0 saturated heterocycles. The van der Waals surface area contributed by atoms with Crippen LogP contribution in [0.2, 0.25) is 0 Å². The third kappa shape index (κ3) is 3.51. The van der Waals surface area contributed by atoms with Crippen LogP contribution in [0, 0.1) is 5.82 Å². The van der Waals surface area contributed by atoms with Gasteiger partial charge in [-0.15, -0.1) is 0 Å². The zero-order chi connectivity index (χ0) is 12.0. The fourth-order valence-electron chi connectivity index (χ4n) is 1.30. The standard InChI is InChI=1S/C11H15FN2O2/c1-3-16-10-5-4-8(6-9(10)12)7-11(15)14-13-2/h4-6,13H,3,7H2,1-2H3,(H,14,15). The molecule has 0 aliphatic heterocycles. The first-order valence-electron chi connectivity index (χ1n) is 5.04. The van der Waals surface area contributed by atoms with Crippen molar-refractivity contribution in [1.29, 1.82) is 0 Å². The van der Waals surface area contributed by atoms with Gasteiger partial charge in [0, 0.05) is 7.05 Å². The van der Waals surface area contributed by atoms with E-state index in [1.165, 1.54) is 12.1 Å². The van der Waals surface area contributed by atoms with Crippen LogP contribution in [-0.4, -0.2) is 19.6 Å². The van der Waals surface area contributed by atoms with Gasteiger partial charge in [-0.05, 0) is 24.6 Å². The fourth-order valence-corrected chi connectivity index (χ4v) is 1.30. The van der Waals surface area contributed by atoms with Crippen molar-refractivity contribution in [2.45, 2.75) is 13.3 Å². The number of hydrazine groups is 1. The zero-order valence-corrected chi connectivity index (χ0v) is 9.34. The predicted molar refractivity (Wildman–Crippen MR) is 58.5 cm³/mol. The van der Waals surface area contributed by atoms with E-state index in [-0.39, 0.29) is 18.1 Å². The van der Waals surface area contributed by atoms with Crippen LogP contribution in [0.4, 0.5) is 4.39 Å². The average Bonchev–Trinajstić information content (AvgIpc) is 2.22. The topological polar surface area (TPSA) is 50.4 Å². The Hall–Kier alpha value is -1.62. The maximum absolute atomic E-state index is 13.4. The van der Waals surface area contributed by atoms with Gasteiger partial charge in [-0.2, -0.15) is 0 Å². The first-order chi connectivity index (χ1) is 7.67. The highest BCUT2D eigenvalue weighted by Crippen LogP contribution is 2.18. The summed E-state index contributed by atoms with van der Waals surface area (Å²) < 4.78 is 18.5. The predicted octanol–water partition coefficient (Wildman–Crippen LogP) is 1.02. The number of amides is 1. The molecule has 1 aromatic carbocycles. The van der Waals surface area contributed by atoms with E-state index in [9.17, 15) is 9.18 Å². The molecule has 0 saturated carbocycles. The molecule has 16 heavy (non-hydrogen) atoms. The molecular weight excluding hydrogens is 211 g/mol. The lowest BCUT2D eigenvalue weighted by molar-refractivity contribution is -0.121. The minimum absolute atomic E-state index is 0.129. The number of ether oxygens (including phenoxy) is 1. The summed E-state index contributed by atoms with van der Waals surface area (Å²) in [7, 11) is 1.59. The minimum Gasteiger partial charge on any atom is -0.491 e. The van der Waals surface area contributed by atoms with Gasteiger partial charge >= 0.3 is 0 Å². The van der Waals surface area contributed by atoms with Gasteiger partial charge in [0.05, 0.1) is 13.0 Å². The van der Waals surface area contributed by atoms with Crippen LogP contribution in [0.15, 0.2) is 18.2 Å². The van der Waals surface area contributed by atoms with Crippen molar-refractivity contribution < 1.29 is 13.9 Å². The van der Waals surface area contributed by atoms with Crippen molar-refractivity contribution >= 4 is 5.91 Å². The number of carbonyl (C=O) groups is 1. The first-order valence-corrected chi connectivity index (χ1v) is 5.04. The summed E-state index contributed by atoms with van der Waals surface area (Å²) in [5.41, 5.74) is 5.53. The molecule has 1 rings (SSSR count). The Morgan fingerprint density at radius 1 is 1.50 bits per heavy atom.